The van der Waals surface area contributed by atoms with E-state index in [1.54, 1.807) is 31.4 Å². The van der Waals surface area contributed by atoms with Crippen LogP contribution in [0.1, 0.15) is 25.7 Å². The van der Waals surface area contributed by atoms with Crippen molar-refractivity contribution in [2.45, 2.75) is 37.8 Å². The Kier molecular flexibility index (Phi) is 5.24. The highest BCUT2D eigenvalue weighted by molar-refractivity contribution is 5.77. The summed E-state index contributed by atoms with van der Waals surface area (Å²) in [6.45, 7) is -0.0461. The molecule has 2 unspecified atom stereocenters. The highest BCUT2D eigenvalue weighted by Gasteiger charge is 2.24. The number of nitrogens with one attached hydrogen (secondary N) is 1. The van der Waals surface area contributed by atoms with E-state index in [0.717, 1.165) is 31.4 Å². The predicted octanol–water partition coefficient (Wildman–Crippen LogP) is 1.49. The lowest BCUT2D eigenvalue weighted by Crippen LogP contribution is -2.46. The molecule has 110 valence electrons. The standard InChI is InChI=1S/C15H21NO4/c1-19-11-6-8-12(9-7-11)20-10-15(18)16-13-4-2-3-5-14(13)17/h6-9,13-14,17H,2-5,10H2,1H3,(H,16,18). The highest BCUT2D eigenvalue weighted by Crippen LogP contribution is 2.19. The van der Waals surface area contributed by atoms with Crippen LogP contribution in [-0.4, -0.2) is 36.9 Å². The van der Waals surface area contributed by atoms with Crippen LogP contribution in [0, 0.1) is 0 Å². The van der Waals surface area contributed by atoms with Gasteiger partial charge in [-0.25, -0.2) is 0 Å². The number of rotatable bonds is 5. The molecule has 5 nitrogen and oxygen atoms in total. The van der Waals surface area contributed by atoms with Gasteiger partial charge in [-0.15, -0.1) is 0 Å². The Morgan fingerprint density at radius 1 is 1.25 bits per heavy atom. The Labute approximate surface area is 118 Å². The number of carbonyl (C=O) groups is 1. The molecule has 1 saturated carbocycles. The fourth-order valence-electron chi connectivity index (χ4n) is 2.35. The first kappa shape index (κ1) is 14.7. The minimum absolute atomic E-state index is 0.0461. The number of aliphatic hydroxyl groups excluding tert-OH is 1. The largest absolute Gasteiger partial charge is 0.497 e. The Morgan fingerprint density at radius 2 is 1.90 bits per heavy atom. The molecule has 1 amide bonds. The molecule has 20 heavy (non-hydrogen) atoms. The van der Waals surface area contributed by atoms with E-state index in [0.29, 0.717) is 5.75 Å². The zero-order valence-corrected chi connectivity index (χ0v) is 11.7. The normalized spacial score (nSPS) is 22.1. The topological polar surface area (TPSA) is 67.8 Å². The number of benzene rings is 1. The molecule has 1 fully saturated rings. The van der Waals surface area contributed by atoms with Crippen molar-refractivity contribution in [1.82, 2.24) is 5.32 Å². The van der Waals surface area contributed by atoms with Gasteiger partial charge < -0.3 is 19.9 Å². The molecule has 0 bridgehead atoms. The third kappa shape index (κ3) is 4.13. The highest BCUT2D eigenvalue weighted by atomic mass is 16.5. The minimum atomic E-state index is -0.436. The van der Waals surface area contributed by atoms with Crippen molar-refractivity contribution in [2.24, 2.45) is 0 Å². The predicted molar refractivity (Wildman–Crippen MR) is 74.9 cm³/mol. The minimum Gasteiger partial charge on any atom is -0.497 e. The summed E-state index contributed by atoms with van der Waals surface area (Å²) >= 11 is 0. The Hall–Kier alpha value is -1.75. The van der Waals surface area contributed by atoms with Crippen LogP contribution in [-0.2, 0) is 4.79 Å². The number of hydrogen-bond acceptors (Lipinski definition) is 4. The maximum atomic E-state index is 11.8. The molecule has 0 spiro atoms. The molecule has 0 heterocycles. The van der Waals surface area contributed by atoms with Gasteiger partial charge in [-0.05, 0) is 37.1 Å². The second-order valence-electron chi connectivity index (χ2n) is 4.99. The first-order chi connectivity index (χ1) is 9.69. The zero-order chi connectivity index (χ0) is 14.4. The van der Waals surface area contributed by atoms with Gasteiger partial charge in [0.15, 0.2) is 6.61 Å². The van der Waals surface area contributed by atoms with Crippen LogP contribution < -0.4 is 14.8 Å². The smallest absolute Gasteiger partial charge is 0.258 e. The molecule has 1 aromatic rings. The summed E-state index contributed by atoms with van der Waals surface area (Å²) in [5, 5.41) is 12.6. The molecular weight excluding hydrogens is 258 g/mol. The van der Waals surface area contributed by atoms with Crippen LogP contribution in [0.4, 0.5) is 0 Å². The van der Waals surface area contributed by atoms with Gasteiger partial charge in [0, 0.05) is 0 Å². The summed E-state index contributed by atoms with van der Waals surface area (Å²) in [6, 6.07) is 6.91. The zero-order valence-electron chi connectivity index (χ0n) is 11.7. The average Bonchev–Trinajstić information content (AvgIpc) is 2.48. The third-order valence-electron chi connectivity index (χ3n) is 3.51. The van der Waals surface area contributed by atoms with Gasteiger partial charge in [-0.2, -0.15) is 0 Å². The molecule has 2 atom stereocenters. The fraction of sp³-hybridized carbons (Fsp3) is 0.533. The molecule has 1 aromatic carbocycles. The van der Waals surface area contributed by atoms with E-state index in [-0.39, 0.29) is 18.6 Å². The van der Waals surface area contributed by atoms with E-state index in [9.17, 15) is 9.90 Å². The first-order valence-electron chi connectivity index (χ1n) is 6.93. The number of aliphatic hydroxyl groups is 1. The summed E-state index contributed by atoms with van der Waals surface area (Å²) in [7, 11) is 1.60. The Bertz CT molecular complexity index is 432. The molecule has 0 aliphatic heterocycles. The van der Waals surface area contributed by atoms with Crippen LogP contribution in [0.2, 0.25) is 0 Å². The first-order valence-corrected chi connectivity index (χ1v) is 6.93. The van der Waals surface area contributed by atoms with Crippen molar-refractivity contribution in [2.75, 3.05) is 13.7 Å². The lowest BCUT2D eigenvalue weighted by Gasteiger charge is -2.28. The molecule has 2 N–H and O–H groups in total. The van der Waals surface area contributed by atoms with E-state index in [1.807, 2.05) is 0 Å². The second kappa shape index (κ2) is 7.14. The van der Waals surface area contributed by atoms with Crippen molar-refractivity contribution in [3.05, 3.63) is 24.3 Å². The monoisotopic (exact) mass is 279 g/mol. The molecular formula is C15H21NO4. The van der Waals surface area contributed by atoms with Crippen LogP contribution in [0.25, 0.3) is 0 Å². The van der Waals surface area contributed by atoms with Crippen molar-refractivity contribution in [3.8, 4) is 11.5 Å². The van der Waals surface area contributed by atoms with Gasteiger partial charge in [0.25, 0.3) is 5.91 Å². The maximum Gasteiger partial charge on any atom is 0.258 e. The van der Waals surface area contributed by atoms with Crippen LogP contribution in [0.3, 0.4) is 0 Å². The molecule has 0 radical (unpaired) electrons. The molecule has 0 saturated heterocycles. The van der Waals surface area contributed by atoms with Crippen LogP contribution >= 0.6 is 0 Å². The number of amides is 1. The van der Waals surface area contributed by atoms with Crippen LogP contribution in [0.15, 0.2) is 24.3 Å². The third-order valence-corrected chi connectivity index (χ3v) is 3.51. The number of ether oxygens (including phenoxy) is 2. The van der Waals surface area contributed by atoms with E-state index in [1.165, 1.54) is 0 Å². The molecule has 1 aliphatic carbocycles. The van der Waals surface area contributed by atoms with Gasteiger partial charge in [0.1, 0.15) is 11.5 Å². The summed E-state index contributed by atoms with van der Waals surface area (Å²) in [5.74, 6) is 1.16. The van der Waals surface area contributed by atoms with Gasteiger partial charge in [-0.1, -0.05) is 12.8 Å². The van der Waals surface area contributed by atoms with Gasteiger partial charge >= 0.3 is 0 Å². The molecule has 2 rings (SSSR count). The van der Waals surface area contributed by atoms with E-state index in [4.69, 9.17) is 9.47 Å². The van der Waals surface area contributed by atoms with Gasteiger partial charge in [-0.3, -0.25) is 4.79 Å². The van der Waals surface area contributed by atoms with Crippen molar-refractivity contribution >= 4 is 5.91 Å². The van der Waals surface area contributed by atoms with Crippen molar-refractivity contribution in [1.29, 1.82) is 0 Å². The van der Waals surface area contributed by atoms with Crippen molar-refractivity contribution < 1.29 is 19.4 Å². The quantitative estimate of drug-likeness (QED) is 0.857. The summed E-state index contributed by atoms with van der Waals surface area (Å²) in [6.07, 6.45) is 3.21. The van der Waals surface area contributed by atoms with Crippen molar-refractivity contribution in [3.63, 3.8) is 0 Å². The Morgan fingerprint density at radius 3 is 2.55 bits per heavy atom. The second-order valence-corrected chi connectivity index (χ2v) is 4.99. The number of hydrogen-bond donors (Lipinski definition) is 2. The number of methoxy groups -OCH3 is 1. The lowest BCUT2D eigenvalue weighted by molar-refractivity contribution is -0.125. The SMILES string of the molecule is COc1ccc(OCC(=O)NC2CCCCC2O)cc1. The average molecular weight is 279 g/mol. The summed E-state index contributed by atoms with van der Waals surface area (Å²) in [4.78, 5) is 11.8. The summed E-state index contributed by atoms with van der Waals surface area (Å²) < 4.78 is 10.4. The Balaban J connectivity index is 1.76. The fourth-order valence-corrected chi connectivity index (χ4v) is 2.35. The molecule has 5 heteroatoms. The number of carbonyl (C=O) groups excluding carboxylic acids is 1. The summed E-state index contributed by atoms with van der Waals surface area (Å²) in [5.41, 5.74) is 0. The lowest BCUT2D eigenvalue weighted by atomic mass is 9.92. The van der Waals surface area contributed by atoms with Crippen LogP contribution in [0.5, 0.6) is 11.5 Å². The van der Waals surface area contributed by atoms with E-state index in [2.05, 4.69) is 5.32 Å². The van der Waals surface area contributed by atoms with Gasteiger partial charge in [0.05, 0.1) is 19.3 Å². The van der Waals surface area contributed by atoms with E-state index >= 15 is 0 Å². The maximum absolute atomic E-state index is 11.8. The molecule has 1 aliphatic rings. The molecule has 0 aromatic heterocycles. The van der Waals surface area contributed by atoms with Gasteiger partial charge in [0.2, 0.25) is 0 Å². The van der Waals surface area contributed by atoms with E-state index < -0.39 is 6.10 Å².